The van der Waals surface area contributed by atoms with Gasteiger partial charge in [-0.05, 0) is 89.1 Å². The molecule has 13 heteroatoms. The van der Waals surface area contributed by atoms with Crippen LogP contribution in [0.1, 0.15) is 83.9 Å². The number of nitrogens with zero attached hydrogens (tertiary/aromatic N) is 5. The van der Waals surface area contributed by atoms with Gasteiger partial charge in [-0.1, -0.05) is 12.1 Å². The summed E-state index contributed by atoms with van der Waals surface area (Å²) in [6.45, 7) is 4.88. The van der Waals surface area contributed by atoms with E-state index in [9.17, 15) is 26.4 Å². The molecule has 0 spiro atoms. The van der Waals surface area contributed by atoms with Crippen LogP contribution in [0, 0.1) is 6.92 Å². The Hall–Kier alpha value is -2.61. The van der Waals surface area contributed by atoms with E-state index >= 15 is 0 Å². The molecule has 3 aliphatic heterocycles. The third-order valence-corrected chi connectivity index (χ3v) is 11.0. The van der Waals surface area contributed by atoms with Crippen molar-refractivity contribution in [3.8, 4) is 0 Å². The molecule has 0 aliphatic carbocycles. The number of benzene rings is 1. The Bertz CT molecular complexity index is 1410. The number of alkyl halides is 3. The smallest absolute Gasteiger partial charge is 0.370 e. The van der Waals surface area contributed by atoms with Gasteiger partial charge in [0.1, 0.15) is 12.0 Å². The number of carbonyl (C=O) groups is 1. The summed E-state index contributed by atoms with van der Waals surface area (Å²) >= 11 is 0. The number of amides is 1. The lowest BCUT2D eigenvalue weighted by molar-refractivity contribution is -0.137. The summed E-state index contributed by atoms with van der Waals surface area (Å²) in [5.74, 6) is -0.0856. The lowest BCUT2D eigenvalue weighted by Crippen LogP contribution is -2.52. The standard InChI is InChI=1S/C31H42F3N5O4S/c1-21-27(10-8-26-9-11-28(43-26)22-4-6-23(7-5-22)31(32,33)34)35-20-36-29(21)30(40)39-18-14-25(15-19-39)38-16-12-24(13-17-38)37(2)44(3,41)42/h4-7,20,24-26,28H,8-19H2,1-3H3. The zero-order valence-electron chi connectivity index (χ0n) is 25.6. The minimum Gasteiger partial charge on any atom is -0.370 e. The van der Waals surface area contributed by atoms with Gasteiger partial charge in [-0.3, -0.25) is 4.79 Å². The number of hydrogen-bond acceptors (Lipinski definition) is 7. The number of carbonyl (C=O) groups excluding carboxylic acids is 1. The van der Waals surface area contributed by atoms with Crippen LogP contribution in [-0.4, -0.2) is 96.1 Å². The number of halogens is 3. The fraction of sp³-hybridized carbons (Fsp3) is 0.645. The summed E-state index contributed by atoms with van der Waals surface area (Å²) < 4.78 is 70.2. The number of ether oxygens (including phenoxy) is 1. The van der Waals surface area contributed by atoms with Crippen molar-refractivity contribution < 1.29 is 31.1 Å². The van der Waals surface area contributed by atoms with Crippen LogP contribution in [0.15, 0.2) is 30.6 Å². The highest BCUT2D eigenvalue weighted by atomic mass is 32.2. The van der Waals surface area contributed by atoms with Gasteiger partial charge in [-0.2, -0.15) is 13.2 Å². The highest BCUT2D eigenvalue weighted by Gasteiger charge is 2.34. The third kappa shape index (κ3) is 7.60. The lowest BCUT2D eigenvalue weighted by atomic mass is 9.97. The van der Waals surface area contributed by atoms with E-state index in [0.717, 1.165) is 80.6 Å². The molecular formula is C31H42F3N5O4S. The Labute approximate surface area is 257 Å². The fourth-order valence-corrected chi connectivity index (χ4v) is 7.52. The van der Waals surface area contributed by atoms with E-state index in [1.54, 1.807) is 7.05 Å². The van der Waals surface area contributed by atoms with Crippen molar-refractivity contribution in [2.24, 2.45) is 0 Å². The summed E-state index contributed by atoms with van der Waals surface area (Å²) in [5, 5.41) is 0. The number of sulfonamides is 1. The van der Waals surface area contributed by atoms with Crippen LogP contribution in [0.3, 0.4) is 0 Å². The second-order valence-corrected chi connectivity index (χ2v) is 14.4. The predicted octanol–water partition coefficient (Wildman–Crippen LogP) is 4.62. The van der Waals surface area contributed by atoms with Crippen LogP contribution < -0.4 is 0 Å². The Morgan fingerprint density at radius 1 is 1.00 bits per heavy atom. The van der Waals surface area contributed by atoms with E-state index in [2.05, 4.69) is 14.9 Å². The van der Waals surface area contributed by atoms with Crippen LogP contribution in [0.4, 0.5) is 13.2 Å². The van der Waals surface area contributed by atoms with Crippen LogP contribution in [0.5, 0.6) is 0 Å². The summed E-state index contributed by atoms with van der Waals surface area (Å²) in [7, 11) is -1.54. The molecule has 1 amide bonds. The van der Waals surface area contributed by atoms with Crippen LogP contribution in [0.25, 0.3) is 0 Å². The topological polar surface area (TPSA) is 95.9 Å². The second-order valence-electron chi connectivity index (χ2n) is 12.3. The van der Waals surface area contributed by atoms with Crippen molar-refractivity contribution in [1.82, 2.24) is 24.1 Å². The van der Waals surface area contributed by atoms with Crippen LogP contribution >= 0.6 is 0 Å². The normalized spacial score (nSPS) is 23.0. The highest BCUT2D eigenvalue weighted by molar-refractivity contribution is 7.88. The highest BCUT2D eigenvalue weighted by Crippen LogP contribution is 2.36. The van der Waals surface area contributed by atoms with Crippen molar-refractivity contribution in [2.45, 2.75) is 88.8 Å². The minimum absolute atomic E-state index is 0.0355. The SMILES string of the molecule is Cc1c(CCC2CCC(c3ccc(C(F)(F)F)cc3)O2)ncnc1C(=O)N1CCC(N2CCC(N(C)S(C)(=O)=O)CC2)CC1. The first-order valence-corrected chi connectivity index (χ1v) is 17.3. The number of aromatic nitrogens is 2. The molecule has 0 N–H and O–H groups in total. The molecule has 2 unspecified atom stereocenters. The third-order valence-electron chi connectivity index (χ3n) is 9.62. The molecule has 9 nitrogen and oxygen atoms in total. The maximum absolute atomic E-state index is 13.5. The molecule has 0 saturated carbocycles. The predicted molar refractivity (Wildman–Crippen MR) is 160 cm³/mol. The van der Waals surface area contributed by atoms with Crippen molar-refractivity contribution in [1.29, 1.82) is 0 Å². The number of hydrogen-bond donors (Lipinski definition) is 0. The van der Waals surface area contributed by atoms with Gasteiger partial charge in [0.2, 0.25) is 10.0 Å². The van der Waals surface area contributed by atoms with E-state index in [-0.39, 0.29) is 24.2 Å². The lowest BCUT2D eigenvalue weighted by Gasteiger charge is -2.43. The molecule has 3 aliphatic rings. The summed E-state index contributed by atoms with van der Waals surface area (Å²) in [6, 6.07) is 5.61. The Morgan fingerprint density at radius 3 is 2.27 bits per heavy atom. The maximum Gasteiger partial charge on any atom is 0.416 e. The molecule has 0 radical (unpaired) electrons. The fourth-order valence-electron chi connectivity index (χ4n) is 6.77. The first-order chi connectivity index (χ1) is 20.8. The van der Waals surface area contributed by atoms with Crippen molar-refractivity contribution in [2.75, 3.05) is 39.5 Å². The number of aryl methyl sites for hydroxylation is 1. The molecule has 2 aromatic rings. The van der Waals surface area contributed by atoms with Gasteiger partial charge in [-0.25, -0.2) is 22.7 Å². The van der Waals surface area contributed by atoms with Crippen molar-refractivity contribution in [3.63, 3.8) is 0 Å². The summed E-state index contributed by atoms with van der Waals surface area (Å²) in [6.07, 6.45) is 4.31. The van der Waals surface area contributed by atoms with Gasteiger partial charge in [-0.15, -0.1) is 0 Å². The molecular weight excluding hydrogens is 595 g/mol. The zero-order valence-corrected chi connectivity index (χ0v) is 26.4. The molecule has 3 fully saturated rings. The van der Waals surface area contributed by atoms with Crippen LogP contribution in [-0.2, 0) is 27.4 Å². The van der Waals surface area contributed by atoms with Gasteiger partial charge in [0.05, 0.1) is 24.0 Å². The Morgan fingerprint density at radius 2 is 1.66 bits per heavy atom. The average molecular weight is 638 g/mol. The molecule has 1 aromatic carbocycles. The monoisotopic (exact) mass is 637 g/mol. The summed E-state index contributed by atoms with van der Waals surface area (Å²) in [5.41, 5.74) is 2.09. The second kappa shape index (κ2) is 13.4. The van der Waals surface area contributed by atoms with Crippen LogP contribution in [0.2, 0.25) is 0 Å². The van der Waals surface area contributed by atoms with E-state index < -0.39 is 21.8 Å². The van der Waals surface area contributed by atoms with Gasteiger partial charge in [0, 0.05) is 43.5 Å². The van der Waals surface area contributed by atoms with Gasteiger partial charge >= 0.3 is 6.18 Å². The summed E-state index contributed by atoms with van der Waals surface area (Å²) in [4.78, 5) is 26.6. The first-order valence-electron chi connectivity index (χ1n) is 15.4. The van der Waals surface area contributed by atoms with Gasteiger partial charge in [0.15, 0.2) is 0 Å². The van der Waals surface area contributed by atoms with E-state index in [1.807, 2.05) is 11.8 Å². The van der Waals surface area contributed by atoms with Gasteiger partial charge < -0.3 is 14.5 Å². The molecule has 2 atom stereocenters. The zero-order chi connectivity index (χ0) is 31.6. The number of rotatable bonds is 8. The number of likely N-dealkylation sites (tertiary alicyclic amines) is 2. The largest absolute Gasteiger partial charge is 0.416 e. The first kappa shape index (κ1) is 32.8. The average Bonchev–Trinajstić information content (AvgIpc) is 3.48. The Kier molecular flexibility index (Phi) is 9.98. The minimum atomic E-state index is -4.36. The molecule has 3 saturated heterocycles. The molecule has 4 heterocycles. The molecule has 242 valence electrons. The molecule has 0 bridgehead atoms. The van der Waals surface area contributed by atoms with Gasteiger partial charge in [0.25, 0.3) is 5.91 Å². The molecule has 5 rings (SSSR count). The quantitative estimate of drug-likeness (QED) is 0.417. The molecule has 44 heavy (non-hydrogen) atoms. The van der Waals surface area contributed by atoms with Crippen molar-refractivity contribution in [3.05, 3.63) is 58.7 Å². The van der Waals surface area contributed by atoms with E-state index in [4.69, 9.17) is 4.74 Å². The maximum atomic E-state index is 13.5. The number of piperidine rings is 2. The van der Waals surface area contributed by atoms with E-state index in [1.165, 1.54) is 29.0 Å². The Balaban J connectivity index is 1.10. The van der Waals surface area contributed by atoms with E-state index in [0.29, 0.717) is 37.7 Å². The molecule has 1 aromatic heterocycles. The van der Waals surface area contributed by atoms with Crippen molar-refractivity contribution >= 4 is 15.9 Å².